The average molecular weight is 200 g/mol. The van der Waals surface area contributed by atoms with E-state index in [-0.39, 0.29) is 0 Å². The number of aliphatic hydroxyl groups excluding tert-OH is 1. The maximum Gasteiger partial charge on any atom is 0.0431 e. The van der Waals surface area contributed by atoms with Crippen molar-refractivity contribution in [3.05, 3.63) is 0 Å². The first kappa shape index (κ1) is 14.0. The maximum absolute atomic E-state index is 8.77. The van der Waals surface area contributed by atoms with Gasteiger partial charge in [0.2, 0.25) is 0 Å². The van der Waals surface area contributed by atoms with Crippen molar-refractivity contribution in [3.63, 3.8) is 0 Å². The molecule has 0 rings (SSSR count). The van der Waals surface area contributed by atoms with Crippen molar-refractivity contribution in [3.8, 4) is 0 Å². The summed E-state index contributed by atoms with van der Waals surface area (Å²) in [6, 6.07) is 0. The lowest BCUT2D eigenvalue weighted by Crippen LogP contribution is -2.11. The molecular formula is C13H28O. The lowest BCUT2D eigenvalue weighted by Gasteiger charge is -2.24. The van der Waals surface area contributed by atoms with Crippen molar-refractivity contribution in [2.24, 2.45) is 5.41 Å². The Kier molecular flexibility index (Phi) is 8.26. The van der Waals surface area contributed by atoms with Crippen LogP contribution in [0.15, 0.2) is 0 Å². The SMILES string of the molecule is CCCCCCCC(C)(C)CCCO. The zero-order valence-electron chi connectivity index (χ0n) is 10.3. The number of hydrogen-bond acceptors (Lipinski definition) is 1. The summed E-state index contributed by atoms with van der Waals surface area (Å²) in [5.74, 6) is 0. The smallest absolute Gasteiger partial charge is 0.0431 e. The lowest BCUT2D eigenvalue weighted by molar-refractivity contribution is 0.228. The molecule has 1 heteroatoms. The molecule has 0 bridgehead atoms. The van der Waals surface area contributed by atoms with Crippen molar-refractivity contribution in [1.29, 1.82) is 0 Å². The van der Waals surface area contributed by atoms with Crippen molar-refractivity contribution in [2.75, 3.05) is 6.61 Å². The quantitative estimate of drug-likeness (QED) is 0.554. The molecule has 0 aliphatic heterocycles. The van der Waals surface area contributed by atoms with Crippen LogP contribution in [0.5, 0.6) is 0 Å². The van der Waals surface area contributed by atoms with Crippen molar-refractivity contribution >= 4 is 0 Å². The summed E-state index contributed by atoms with van der Waals surface area (Å²) in [6.45, 7) is 7.25. The van der Waals surface area contributed by atoms with Gasteiger partial charge in [0, 0.05) is 6.61 Å². The van der Waals surface area contributed by atoms with Crippen LogP contribution < -0.4 is 0 Å². The summed E-state index contributed by atoms with van der Waals surface area (Å²) in [5.41, 5.74) is 0.439. The molecule has 0 unspecified atom stereocenters. The standard InChI is InChI=1S/C13H28O/c1-4-5-6-7-8-10-13(2,3)11-9-12-14/h14H,4-12H2,1-3H3. The third-order valence-corrected chi connectivity index (χ3v) is 2.97. The molecule has 0 aromatic heterocycles. The number of unbranched alkanes of at least 4 members (excludes halogenated alkanes) is 4. The van der Waals surface area contributed by atoms with E-state index < -0.39 is 0 Å². The van der Waals surface area contributed by atoms with Crippen LogP contribution in [0, 0.1) is 5.41 Å². The molecular weight excluding hydrogens is 172 g/mol. The molecule has 0 amide bonds. The Morgan fingerprint density at radius 1 is 0.857 bits per heavy atom. The van der Waals surface area contributed by atoms with Gasteiger partial charge in [0.15, 0.2) is 0 Å². The van der Waals surface area contributed by atoms with Gasteiger partial charge in [0.1, 0.15) is 0 Å². The van der Waals surface area contributed by atoms with Gasteiger partial charge in [-0.3, -0.25) is 0 Å². The van der Waals surface area contributed by atoms with Crippen LogP contribution in [0.3, 0.4) is 0 Å². The summed E-state index contributed by atoms with van der Waals surface area (Å²) < 4.78 is 0. The van der Waals surface area contributed by atoms with E-state index in [2.05, 4.69) is 20.8 Å². The van der Waals surface area contributed by atoms with Crippen LogP contribution in [0.4, 0.5) is 0 Å². The van der Waals surface area contributed by atoms with Crippen LogP contribution in [0.25, 0.3) is 0 Å². The lowest BCUT2D eigenvalue weighted by atomic mass is 9.82. The van der Waals surface area contributed by atoms with Crippen LogP contribution >= 0.6 is 0 Å². The second-order valence-corrected chi connectivity index (χ2v) is 5.16. The predicted molar refractivity (Wildman–Crippen MR) is 63.5 cm³/mol. The minimum atomic E-state index is 0.346. The fraction of sp³-hybridized carbons (Fsp3) is 1.00. The molecule has 0 spiro atoms. The zero-order valence-corrected chi connectivity index (χ0v) is 10.3. The first-order valence-electron chi connectivity index (χ1n) is 6.23. The summed E-state index contributed by atoms with van der Waals surface area (Å²) in [4.78, 5) is 0. The fourth-order valence-corrected chi connectivity index (χ4v) is 1.89. The van der Waals surface area contributed by atoms with E-state index in [4.69, 9.17) is 5.11 Å². The highest BCUT2D eigenvalue weighted by Crippen LogP contribution is 2.29. The number of aliphatic hydroxyl groups is 1. The molecule has 0 radical (unpaired) electrons. The second-order valence-electron chi connectivity index (χ2n) is 5.16. The Balaban J connectivity index is 3.35. The molecule has 0 aliphatic rings. The Morgan fingerprint density at radius 2 is 1.43 bits per heavy atom. The van der Waals surface area contributed by atoms with E-state index in [0.717, 1.165) is 12.8 Å². The van der Waals surface area contributed by atoms with E-state index >= 15 is 0 Å². The second kappa shape index (κ2) is 8.28. The summed E-state index contributed by atoms with van der Waals surface area (Å²) in [6.07, 6.45) is 10.3. The van der Waals surface area contributed by atoms with Gasteiger partial charge in [0.05, 0.1) is 0 Å². The normalized spacial score (nSPS) is 12.0. The van der Waals surface area contributed by atoms with Gasteiger partial charge >= 0.3 is 0 Å². The number of rotatable bonds is 9. The zero-order chi connectivity index (χ0) is 10.9. The monoisotopic (exact) mass is 200 g/mol. The Hall–Kier alpha value is -0.0400. The van der Waals surface area contributed by atoms with Crippen molar-refractivity contribution < 1.29 is 5.11 Å². The average Bonchev–Trinajstić information content (AvgIpc) is 2.15. The molecule has 86 valence electrons. The van der Waals surface area contributed by atoms with Gasteiger partial charge in [-0.25, -0.2) is 0 Å². The highest BCUT2D eigenvalue weighted by atomic mass is 16.2. The molecule has 1 N–H and O–H groups in total. The van der Waals surface area contributed by atoms with Crippen molar-refractivity contribution in [2.45, 2.75) is 72.1 Å². The summed E-state index contributed by atoms with van der Waals surface area (Å²) >= 11 is 0. The molecule has 0 fully saturated rings. The first-order valence-corrected chi connectivity index (χ1v) is 6.23. The topological polar surface area (TPSA) is 20.2 Å². The third-order valence-electron chi connectivity index (χ3n) is 2.97. The van der Waals surface area contributed by atoms with Crippen LogP contribution in [0.2, 0.25) is 0 Å². The third kappa shape index (κ3) is 8.55. The fourth-order valence-electron chi connectivity index (χ4n) is 1.89. The maximum atomic E-state index is 8.77. The Morgan fingerprint density at radius 3 is 2.00 bits per heavy atom. The molecule has 0 aliphatic carbocycles. The van der Waals surface area contributed by atoms with Gasteiger partial charge in [-0.15, -0.1) is 0 Å². The highest BCUT2D eigenvalue weighted by Gasteiger charge is 2.15. The molecule has 0 heterocycles. The van der Waals surface area contributed by atoms with E-state index in [0.29, 0.717) is 12.0 Å². The molecule has 0 atom stereocenters. The van der Waals surface area contributed by atoms with Gasteiger partial charge in [-0.05, 0) is 24.7 Å². The van der Waals surface area contributed by atoms with E-state index in [9.17, 15) is 0 Å². The van der Waals surface area contributed by atoms with E-state index in [1.807, 2.05) is 0 Å². The van der Waals surface area contributed by atoms with E-state index in [1.54, 1.807) is 0 Å². The molecule has 0 saturated heterocycles. The van der Waals surface area contributed by atoms with Gasteiger partial charge in [-0.2, -0.15) is 0 Å². The van der Waals surface area contributed by atoms with Crippen molar-refractivity contribution in [1.82, 2.24) is 0 Å². The molecule has 0 saturated carbocycles. The molecule has 0 aromatic carbocycles. The van der Waals surface area contributed by atoms with Gasteiger partial charge in [-0.1, -0.05) is 52.9 Å². The van der Waals surface area contributed by atoms with E-state index in [1.165, 1.54) is 38.5 Å². The minimum Gasteiger partial charge on any atom is -0.396 e. The molecule has 1 nitrogen and oxygen atoms in total. The molecule has 0 aromatic rings. The van der Waals surface area contributed by atoms with Crippen LogP contribution in [0.1, 0.15) is 72.1 Å². The van der Waals surface area contributed by atoms with Gasteiger partial charge < -0.3 is 5.11 Å². The first-order chi connectivity index (χ1) is 6.62. The van der Waals surface area contributed by atoms with Crippen LogP contribution in [-0.2, 0) is 0 Å². The minimum absolute atomic E-state index is 0.346. The summed E-state index contributed by atoms with van der Waals surface area (Å²) in [5, 5.41) is 8.77. The Labute approximate surface area is 89.9 Å². The Bertz CT molecular complexity index is 118. The van der Waals surface area contributed by atoms with Crippen LogP contribution in [-0.4, -0.2) is 11.7 Å². The van der Waals surface area contributed by atoms with Gasteiger partial charge in [0.25, 0.3) is 0 Å². The summed E-state index contributed by atoms with van der Waals surface area (Å²) in [7, 11) is 0. The predicted octanol–water partition coefficient (Wildman–Crippen LogP) is 4.15. The number of hydrogen-bond donors (Lipinski definition) is 1. The highest BCUT2D eigenvalue weighted by molar-refractivity contribution is 4.68. The molecule has 14 heavy (non-hydrogen) atoms. The largest absolute Gasteiger partial charge is 0.396 e.